The van der Waals surface area contributed by atoms with Crippen molar-refractivity contribution in [2.75, 3.05) is 18.6 Å². The average Bonchev–Trinajstić information content (AvgIpc) is 2.58. The average molecular weight is 285 g/mol. The highest BCUT2D eigenvalue weighted by Gasteiger charge is 2.28. The summed E-state index contributed by atoms with van der Waals surface area (Å²) in [6.07, 6.45) is 0. The molecule has 6 heteroatoms. The first-order chi connectivity index (χ1) is 7.61. The van der Waals surface area contributed by atoms with Gasteiger partial charge < -0.3 is 4.74 Å². The number of hydrogen-bond acceptors (Lipinski definition) is 3. The quantitative estimate of drug-likeness (QED) is 0.838. The lowest BCUT2D eigenvalue weighted by Gasteiger charge is -2.14. The Morgan fingerprint density at radius 2 is 2.19 bits per heavy atom. The number of carbonyl (C=O) groups excluding carboxylic acids is 2. The third-order valence-corrected chi connectivity index (χ3v) is 2.86. The van der Waals surface area contributed by atoms with E-state index in [0.717, 1.165) is 4.47 Å². The number of rotatable bonds is 2. The Labute approximate surface area is 100 Å². The second kappa shape index (κ2) is 4.13. The van der Waals surface area contributed by atoms with E-state index in [1.807, 2.05) is 0 Å². The Hall–Kier alpha value is -1.56. The van der Waals surface area contributed by atoms with Crippen LogP contribution in [0.4, 0.5) is 10.5 Å². The molecular weight excluding hydrogens is 276 g/mol. The predicted molar refractivity (Wildman–Crippen MR) is 61.6 cm³/mol. The zero-order valence-corrected chi connectivity index (χ0v) is 10.1. The third-order valence-electron chi connectivity index (χ3n) is 2.24. The van der Waals surface area contributed by atoms with Gasteiger partial charge in [0, 0.05) is 5.69 Å². The maximum atomic E-state index is 11.4. The molecule has 1 heterocycles. The van der Waals surface area contributed by atoms with Crippen molar-refractivity contribution in [3.05, 3.63) is 22.7 Å². The SMILES string of the molecule is COc1ccc(N2CC(=O)NC2=O)cc1Br. The van der Waals surface area contributed by atoms with Crippen molar-refractivity contribution < 1.29 is 14.3 Å². The van der Waals surface area contributed by atoms with Crippen LogP contribution in [-0.2, 0) is 4.79 Å². The van der Waals surface area contributed by atoms with Crippen LogP contribution in [0.5, 0.6) is 5.75 Å². The Bertz CT molecular complexity index is 461. The molecule has 84 valence electrons. The monoisotopic (exact) mass is 284 g/mol. The number of nitrogens with one attached hydrogen (secondary N) is 1. The van der Waals surface area contributed by atoms with Crippen LogP contribution < -0.4 is 15.0 Å². The summed E-state index contributed by atoms with van der Waals surface area (Å²) in [7, 11) is 1.56. The van der Waals surface area contributed by atoms with Gasteiger partial charge in [0.15, 0.2) is 0 Å². The maximum Gasteiger partial charge on any atom is 0.329 e. The Balaban J connectivity index is 2.31. The molecular formula is C10H9BrN2O3. The molecule has 1 fully saturated rings. The minimum atomic E-state index is -0.401. The summed E-state index contributed by atoms with van der Waals surface area (Å²) in [5.41, 5.74) is 0.649. The van der Waals surface area contributed by atoms with Gasteiger partial charge >= 0.3 is 6.03 Å². The second-order valence-corrected chi connectivity index (χ2v) is 4.11. The lowest BCUT2D eigenvalue weighted by atomic mass is 10.3. The first-order valence-corrected chi connectivity index (χ1v) is 5.36. The van der Waals surface area contributed by atoms with Gasteiger partial charge in [-0.2, -0.15) is 0 Å². The van der Waals surface area contributed by atoms with Crippen molar-refractivity contribution in [2.45, 2.75) is 0 Å². The standard InChI is InChI=1S/C10H9BrN2O3/c1-16-8-3-2-6(4-7(8)11)13-5-9(14)12-10(13)15/h2-4H,5H2,1H3,(H,12,14,15). The molecule has 0 aliphatic carbocycles. The number of benzene rings is 1. The zero-order chi connectivity index (χ0) is 11.7. The molecule has 3 amide bonds. The first kappa shape index (κ1) is 10.9. The number of anilines is 1. The molecule has 5 nitrogen and oxygen atoms in total. The first-order valence-electron chi connectivity index (χ1n) is 4.56. The van der Waals surface area contributed by atoms with E-state index in [4.69, 9.17) is 4.74 Å². The zero-order valence-electron chi connectivity index (χ0n) is 8.49. The summed E-state index contributed by atoms with van der Waals surface area (Å²) in [6.45, 7) is 0.0532. The van der Waals surface area contributed by atoms with Crippen LogP contribution in [0, 0.1) is 0 Å². The summed E-state index contributed by atoms with van der Waals surface area (Å²) in [4.78, 5) is 23.8. The smallest absolute Gasteiger partial charge is 0.329 e. The van der Waals surface area contributed by atoms with Crippen molar-refractivity contribution in [1.29, 1.82) is 0 Å². The molecule has 0 radical (unpaired) electrons. The summed E-state index contributed by atoms with van der Waals surface area (Å²) < 4.78 is 5.81. The number of halogens is 1. The van der Waals surface area contributed by atoms with E-state index in [1.54, 1.807) is 25.3 Å². The molecule has 1 aromatic rings. The van der Waals surface area contributed by atoms with Crippen molar-refractivity contribution in [3.8, 4) is 5.75 Å². The number of methoxy groups -OCH3 is 1. The van der Waals surface area contributed by atoms with E-state index in [2.05, 4.69) is 21.2 Å². The number of urea groups is 1. The second-order valence-electron chi connectivity index (χ2n) is 3.26. The third kappa shape index (κ3) is 1.88. The number of nitrogens with zero attached hydrogens (tertiary/aromatic N) is 1. The summed E-state index contributed by atoms with van der Waals surface area (Å²) in [5, 5.41) is 2.21. The summed E-state index contributed by atoms with van der Waals surface area (Å²) >= 11 is 3.32. The lowest BCUT2D eigenvalue weighted by molar-refractivity contribution is -0.117. The molecule has 0 atom stereocenters. The molecule has 1 aliphatic rings. The molecule has 16 heavy (non-hydrogen) atoms. The van der Waals surface area contributed by atoms with Crippen molar-refractivity contribution in [3.63, 3.8) is 0 Å². The summed E-state index contributed by atoms with van der Waals surface area (Å²) in [6, 6.07) is 4.79. The number of amides is 3. The molecule has 1 saturated heterocycles. The normalized spacial score (nSPS) is 15.2. The molecule has 0 saturated carbocycles. The van der Waals surface area contributed by atoms with Gasteiger partial charge in [-0.1, -0.05) is 0 Å². The molecule has 1 N–H and O–H groups in total. The highest BCUT2D eigenvalue weighted by molar-refractivity contribution is 9.10. The number of hydrogen-bond donors (Lipinski definition) is 1. The summed E-state index contributed by atoms with van der Waals surface area (Å²) in [5.74, 6) is 0.381. The fraction of sp³-hybridized carbons (Fsp3) is 0.200. The van der Waals surface area contributed by atoms with Gasteiger partial charge in [-0.15, -0.1) is 0 Å². The number of carbonyl (C=O) groups is 2. The number of ether oxygens (including phenoxy) is 1. The van der Waals surface area contributed by atoms with Gasteiger partial charge in [0.2, 0.25) is 5.91 Å². The van der Waals surface area contributed by atoms with Gasteiger partial charge in [-0.3, -0.25) is 15.0 Å². The number of imide groups is 1. The van der Waals surface area contributed by atoms with Crippen LogP contribution in [-0.4, -0.2) is 25.6 Å². The molecule has 0 spiro atoms. The molecule has 2 rings (SSSR count). The fourth-order valence-electron chi connectivity index (χ4n) is 1.47. The van der Waals surface area contributed by atoms with Crippen molar-refractivity contribution in [1.82, 2.24) is 5.32 Å². The van der Waals surface area contributed by atoms with Gasteiger partial charge in [-0.05, 0) is 34.1 Å². The van der Waals surface area contributed by atoms with Crippen LogP contribution in [0.1, 0.15) is 0 Å². The van der Waals surface area contributed by atoms with Gasteiger partial charge in [0.05, 0.1) is 11.6 Å². The lowest BCUT2D eigenvalue weighted by Crippen LogP contribution is -2.27. The van der Waals surface area contributed by atoms with Gasteiger partial charge in [-0.25, -0.2) is 4.79 Å². The minimum Gasteiger partial charge on any atom is -0.496 e. The van der Waals surface area contributed by atoms with Gasteiger partial charge in [0.25, 0.3) is 0 Å². The van der Waals surface area contributed by atoms with E-state index in [-0.39, 0.29) is 12.5 Å². The minimum absolute atomic E-state index is 0.0532. The van der Waals surface area contributed by atoms with Crippen LogP contribution in [0.15, 0.2) is 22.7 Å². The fourth-order valence-corrected chi connectivity index (χ4v) is 2.00. The Kier molecular flexibility index (Phi) is 2.82. The highest BCUT2D eigenvalue weighted by Crippen LogP contribution is 2.30. The molecule has 0 unspecified atom stereocenters. The molecule has 0 bridgehead atoms. The van der Waals surface area contributed by atoms with Gasteiger partial charge in [0.1, 0.15) is 12.3 Å². The van der Waals surface area contributed by atoms with Crippen molar-refractivity contribution in [2.24, 2.45) is 0 Å². The predicted octanol–water partition coefficient (Wildman–Crippen LogP) is 1.51. The topological polar surface area (TPSA) is 58.6 Å². The van der Waals surface area contributed by atoms with Crippen molar-refractivity contribution >= 4 is 33.6 Å². The van der Waals surface area contributed by atoms with E-state index in [9.17, 15) is 9.59 Å². The van der Waals surface area contributed by atoms with Crippen LogP contribution in [0.2, 0.25) is 0 Å². The van der Waals surface area contributed by atoms with E-state index in [0.29, 0.717) is 11.4 Å². The Morgan fingerprint density at radius 3 is 2.69 bits per heavy atom. The van der Waals surface area contributed by atoms with E-state index >= 15 is 0 Å². The Morgan fingerprint density at radius 1 is 1.44 bits per heavy atom. The molecule has 1 aliphatic heterocycles. The van der Waals surface area contributed by atoms with Crippen LogP contribution in [0.3, 0.4) is 0 Å². The maximum absolute atomic E-state index is 11.4. The molecule has 1 aromatic carbocycles. The largest absolute Gasteiger partial charge is 0.496 e. The highest BCUT2D eigenvalue weighted by atomic mass is 79.9. The van der Waals surface area contributed by atoms with Crippen LogP contribution in [0.25, 0.3) is 0 Å². The van der Waals surface area contributed by atoms with Crippen LogP contribution >= 0.6 is 15.9 Å². The molecule has 0 aromatic heterocycles. The van der Waals surface area contributed by atoms with E-state index in [1.165, 1.54) is 4.90 Å². The van der Waals surface area contributed by atoms with E-state index < -0.39 is 6.03 Å².